The molecule has 1 saturated carbocycles. The Morgan fingerprint density at radius 2 is 1.71 bits per heavy atom. The maximum atomic E-state index is 13.1. The van der Waals surface area contributed by atoms with Crippen molar-refractivity contribution in [1.82, 2.24) is 14.1 Å². The van der Waals surface area contributed by atoms with Crippen LogP contribution in [0.5, 0.6) is 0 Å². The molecule has 31 heavy (non-hydrogen) atoms. The lowest BCUT2D eigenvalue weighted by molar-refractivity contribution is -0.134. The van der Waals surface area contributed by atoms with Gasteiger partial charge in [-0.2, -0.15) is 4.31 Å². The highest BCUT2D eigenvalue weighted by Gasteiger charge is 2.31. The van der Waals surface area contributed by atoms with Gasteiger partial charge in [0.25, 0.3) is 0 Å². The zero-order valence-electron chi connectivity index (χ0n) is 17.9. The second-order valence-electron chi connectivity index (χ2n) is 8.45. The molecule has 0 bridgehead atoms. The van der Waals surface area contributed by atoms with Gasteiger partial charge in [-0.25, -0.2) is 8.42 Å². The van der Waals surface area contributed by atoms with Gasteiger partial charge in [0.05, 0.1) is 11.4 Å². The Morgan fingerprint density at radius 3 is 2.39 bits per heavy atom. The Labute approximate surface area is 185 Å². The van der Waals surface area contributed by atoms with Crippen molar-refractivity contribution >= 4 is 26.7 Å². The molecular formula is C24H31N3O3S. The fraction of sp³-hybridized carbons (Fsp3) is 0.458. The Bertz CT molecular complexity index is 1040. The van der Waals surface area contributed by atoms with E-state index in [9.17, 15) is 13.2 Å². The molecule has 0 spiro atoms. The first-order chi connectivity index (χ1) is 15.0. The van der Waals surface area contributed by atoms with Crippen molar-refractivity contribution in [2.45, 2.75) is 36.6 Å². The van der Waals surface area contributed by atoms with Crippen molar-refractivity contribution < 1.29 is 13.2 Å². The molecule has 2 fully saturated rings. The minimum atomic E-state index is -3.58. The summed E-state index contributed by atoms with van der Waals surface area (Å²) in [5, 5.41) is 1.93. The lowest BCUT2D eigenvalue weighted by Crippen LogP contribution is -2.53. The lowest BCUT2D eigenvalue weighted by Gasteiger charge is -2.36. The van der Waals surface area contributed by atoms with E-state index < -0.39 is 10.0 Å². The number of carbonyl (C=O) groups is 1. The maximum absolute atomic E-state index is 13.1. The topological polar surface area (TPSA) is 60.9 Å². The number of hydrogen-bond donors (Lipinski definition) is 0. The van der Waals surface area contributed by atoms with Crippen LogP contribution in [0.3, 0.4) is 0 Å². The van der Waals surface area contributed by atoms with Gasteiger partial charge in [-0.1, -0.05) is 49.2 Å². The second-order valence-corrected chi connectivity index (χ2v) is 10.4. The van der Waals surface area contributed by atoms with Gasteiger partial charge in [0.2, 0.25) is 15.9 Å². The molecule has 1 heterocycles. The summed E-state index contributed by atoms with van der Waals surface area (Å²) in [6, 6.07) is 13.4. The highest BCUT2D eigenvalue weighted by Crippen LogP contribution is 2.25. The summed E-state index contributed by atoms with van der Waals surface area (Å²) in [5.41, 5.74) is 0. The smallest absolute Gasteiger partial charge is 0.243 e. The molecular weight excluding hydrogens is 410 g/mol. The van der Waals surface area contributed by atoms with Crippen molar-refractivity contribution in [3.05, 3.63) is 55.1 Å². The third-order valence-corrected chi connectivity index (χ3v) is 8.39. The van der Waals surface area contributed by atoms with Gasteiger partial charge in [-0.05, 0) is 35.7 Å². The zero-order chi connectivity index (χ0) is 21.8. The van der Waals surface area contributed by atoms with E-state index >= 15 is 0 Å². The van der Waals surface area contributed by atoms with Gasteiger partial charge in [0.15, 0.2) is 0 Å². The molecule has 7 heteroatoms. The third kappa shape index (κ3) is 4.84. The molecule has 2 aliphatic rings. The van der Waals surface area contributed by atoms with Gasteiger partial charge in [-0.3, -0.25) is 9.69 Å². The third-order valence-electron chi connectivity index (χ3n) is 6.49. The number of fused-ring (bicyclic) bond motifs is 1. The van der Waals surface area contributed by atoms with Crippen LogP contribution >= 0.6 is 0 Å². The number of benzene rings is 2. The number of carbonyl (C=O) groups excluding carboxylic acids is 1. The molecule has 0 unspecified atom stereocenters. The number of rotatable bonds is 7. The SMILES string of the molecule is C=CCN(CC(=O)N1CCN(S(=O)(=O)c2ccc3ccccc3c2)CC1)C1CCCC1. The fourth-order valence-electron chi connectivity index (χ4n) is 4.71. The second kappa shape index (κ2) is 9.51. The highest BCUT2D eigenvalue weighted by atomic mass is 32.2. The molecule has 4 rings (SSSR count). The quantitative estimate of drug-likeness (QED) is 0.620. The summed E-state index contributed by atoms with van der Waals surface area (Å²) in [6.45, 7) is 6.44. The number of piperazine rings is 1. The van der Waals surface area contributed by atoms with Crippen molar-refractivity contribution in [1.29, 1.82) is 0 Å². The lowest BCUT2D eigenvalue weighted by atomic mass is 10.1. The van der Waals surface area contributed by atoms with E-state index in [1.807, 2.05) is 36.4 Å². The summed E-state index contributed by atoms with van der Waals surface area (Å²) in [5.74, 6) is 0.0801. The molecule has 1 aliphatic heterocycles. The Hall–Kier alpha value is -2.22. The summed E-state index contributed by atoms with van der Waals surface area (Å²) in [6.07, 6.45) is 6.58. The van der Waals surface area contributed by atoms with Crippen molar-refractivity contribution in [2.24, 2.45) is 0 Å². The van der Waals surface area contributed by atoms with E-state index in [0.29, 0.717) is 50.2 Å². The fourth-order valence-corrected chi connectivity index (χ4v) is 6.16. The van der Waals surface area contributed by atoms with Gasteiger partial charge in [0.1, 0.15) is 0 Å². The minimum absolute atomic E-state index is 0.0801. The molecule has 0 atom stereocenters. The van der Waals surface area contributed by atoms with Crippen LogP contribution in [0.1, 0.15) is 25.7 Å². The minimum Gasteiger partial charge on any atom is -0.339 e. The van der Waals surface area contributed by atoms with Crippen molar-refractivity contribution in [3.63, 3.8) is 0 Å². The van der Waals surface area contributed by atoms with Gasteiger partial charge >= 0.3 is 0 Å². The monoisotopic (exact) mass is 441 g/mol. The number of nitrogens with zero attached hydrogens (tertiary/aromatic N) is 3. The molecule has 1 saturated heterocycles. The molecule has 0 aromatic heterocycles. The number of sulfonamides is 1. The van der Waals surface area contributed by atoms with Crippen LogP contribution in [0.25, 0.3) is 10.8 Å². The van der Waals surface area contributed by atoms with Crippen LogP contribution in [0.4, 0.5) is 0 Å². The van der Waals surface area contributed by atoms with Crippen LogP contribution in [0.15, 0.2) is 60.0 Å². The molecule has 0 N–H and O–H groups in total. The number of amides is 1. The van der Waals surface area contributed by atoms with Gasteiger partial charge in [0, 0.05) is 38.8 Å². The average Bonchev–Trinajstić information content (AvgIpc) is 3.33. The van der Waals surface area contributed by atoms with Crippen LogP contribution in [-0.4, -0.2) is 73.7 Å². The molecule has 0 radical (unpaired) electrons. The predicted molar refractivity (Wildman–Crippen MR) is 123 cm³/mol. The molecule has 6 nitrogen and oxygen atoms in total. The van der Waals surface area contributed by atoms with Crippen molar-refractivity contribution in [3.8, 4) is 0 Å². The molecule has 1 aliphatic carbocycles. The van der Waals surface area contributed by atoms with Crippen LogP contribution in [-0.2, 0) is 14.8 Å². The predicted octanol–water partition coefficient (Wildman–Crippen LogP) is 3.10. The van der Waals surface area contributed by atoms with Crippen molar-refractivity contribution in [2.75, 3.05) is 39.3 Å². The van der Waals surface area contributed by atoms with E-state index in [-0.39, 0.29) is 5.91 Å². The molecule has 2 aromatic carbocycles. The summed E-state index contributed by atoms with van der Waals surface area (Å²) in [7, 11) is -3.58. The van der Waals surface area contributed by atoms with Gasteiger partial charge < -0.3 is 4.90 Å². The van der Waals surface area contributed by atoms with Crippen LogP contribution in [0.2, 0.25) is 0 Å². The standard InChI is InChI=1S/C24H31N3O3S/c1-2-13-26(22-9-5-6-10-22)19-24(28)25-14-16-27(17-15-25)31(29,30)23-12-11-20-7-3-4-8-21(20)18-23/h2-4,7-8,11-12,18,22H,1,5-6,9-10,13-17,19H2. The number of hydrogen-bond acceptors (Lipinski definition) is 4. The first-order valence-electron chi connectivity index (χ1n) is 11.1. The van der Waals surface area contributed by atoms with E-state index in [2.05, 4.69) is 11.5 Å². The normalized spacial score (nSPS) is 18.7. The van der Waals surface area contributed by atoms with Crippen LogP contribution < -0.4 is 0 Å². The Kier molecular flexibility index (Phi) is 6.74. The van der Waals surface area contributed by atoms with E-state index in [4.69, 9.17) is 0 Å². The van der Waals surface area contributed by atoms with Gasteiger partial charge in [-0.15, -0.1) is 6.58 Å². The molecule has 1 amide bonds. The summed E-state index contributed by atoms with van der Waals surface area (Å²) >= 11 is 0. The maximum Gasteiger partial charge on any atom is 0.243 e. The molecule has 166 valence electrons. The first kappa shape index (κ1) is 22.0. The highest BCUT2D eigenvalue weighted by molar-refractivity contribution is 7.89. The summed E-state index contributed by atoms with van der Waals surface area (Å²) in [4.78, 5) is 17.2. The van der Waals surface area contributed by atoms with E-state index in [1.54, 1.807) is 17.0 Å². The summed E-state index contributed by atoms with van der Waals surface area (Å²) < 4.78 is 27.8. The van der Waals surface area contributed by atoms with E-state index in [0.717, 1.165) is 23.6 Å². The Balaban J connectivity index is 1.38. The Morgan fingerprint density at radius 1 is 1.03 bits per heavy atom. The van der Waals surface area contributed by atoms with E-state index in [1.165, 1.54) is 17.1 Å². The average molecular weight is 442 g/mol. The zero-order valence-corrected chi connectivity index (χ0v) is 18.8. The van der Waals surface area contributed by atoms with Crippen LogP contribution in [0, 0.1) is 0 Å². The first-order valence-corrected chi connectivity index (χ1v) is 12.5. The largest absolute Gasteiger partial charge is 0.339 e. The molecule has 2 aromatic rings.